The molecule has 0 aliphatic carbocycles. The molecule has 0 fully saturated rings. The number of hydrogen-bond acceptors (Lipinski definition) is 8. The Bertz CT molecular complexity index is 1670. The second kappa shape index (κ2) is 16.2. The van der Waals surface area contributed by atoms with Crippen LogP contribution in [0.5, 0.6) is 17.2 Å². The minimum atomic E-state index is -0.725. The quantitative estimate of drug-likeness (QED) is 0.104. The molecule has 0 bridgehead atoms. The van der Waals surface area contributed by atoms with E-state index >= 15 is 0 Å². The summed E-state index contributed by atoms with van der Waals surface area (Å²) in [6.07, 6.45) is 0.641. The molecule has 8 nitrogen and oxygen atoms in total. The summed E-state index contributed by atoms with van der Waals surface area (Å²) in [5.74, 6) is 0.589. The van der Waals surface area contributed by atoms with Crippen molar-refractivity contribution in [1.82, 2.24) is 0 Å². The van der Waals surface area contributed by atoms with Crippen LogP contribution in [0, 0.1) is 0 Å². The van der Waals surface area contributed by atoms with Gasteiger partial charge >= 0.3 is 0 Å². The predicted molar refractivity (Wildman–Crippen MR) is 191 cm³/mol. The van der Waals surface area contributed by atoms with Gasteiger partial charge in [0.05, 0.1) is 33.0 Å². The molecule has 0 amide bonds. The molecule has 4 rings (SSSR count). The Morgan fingerprint density at radius 1 is 0.429 bits per heavy atom. The van der Waals surface area contributed by atoms with Crippen molar-refractivity contribution < 1.29 is 39.0 Å². The second-order valence-corrected chi connectivity index (χ2v) is 13.3. The van der Waals surface area contributed by atoms with Crippen LogP contribution in [-0.4, -0.2) is 50.9 Å². The summed E-state index contributed by atoms with van der Waals surface area (Å²) >= 11 is 0. The highest BCUT2D eigenvalue weighted by Gasteiger charge is 2.35. The van der Waals surface area contributed by atoms with E-state index in [1.165, 1.54) is 0 Å². The van der Waals surface area contributed by atoms with Crippen LogP contribution in [0.4, 0.5) is 0 Å². The zero-order valence-electron chi connectivity index (χ0n) is 30.4. The van der Waals surface area contributed by atoms with Gasteiger partial charge in [-0.05, 0) is 77.1 Å². The third kappa shape index (κ3) is 7.64. The molecule has 0 aliphatic heterocycles. The van der Waals surface area contributed by atoms with Crippen LogP contribution < -0.4 is 0 Å². The number of aryl methyl sites for hydroxylation is 1. The molecule has 4 aromatic carbocycles. The van der Waals surface area contributed by atoms with E-state index in [4.69, 9.17) is 23.7 Å². The fraction of sp³-hybridized carbons (Fsp3) is 0.415. The molecule has 0 radical (unpaired) electrons. The van der Waals surface area contributed by atoms with Gasteiger partial charge in [0.2, 0.25) is 0 Å². The minimum absolute atomic E-state index is 0.154. The van der Waals surface area contributed by atoms with Gasteiger partial charge in [-0.15, -0.1) is 0 Å². The Morgan fingerprint density at radius 3 is 1.04 bits per heavy atom. The van der Waals surface area contributed by atoms with Crippen LogP contribution in [0.1, 0.15) is 88.9 Å². The summed E-state index contributed by atoms with van der Waals surface area (Å²) in [6, 6.07) is 20.7. The van der Waals surface area contributed by atoms with Gasteiger partial charge in [-0.25, -0.2) is 0 Å². The first-order valence-corrected chi connectivity index (χ1v) is 16.5. The average molecular weight is 673 g/mol. The van der Waals surface area contributed by atoms with Crippen molar-refractivity contribution in [2.75, 3.05) is 35.5 Å². The van der Waals surface area contributed by atoms with E-state index < -0.39 is 10.8 Å². The summed E-state index contributed by atoms with van der Waals surface area (Å²) in [5.41, 5.74) is 8.18. The molecule has 264 valence electrons. The molecule has 0 heterocycles. The monoisotopic (exact) mass is 672 g/mol. The summed E-state index contributed by atoms with van der Waals surface area (Å²) in [4.78, 5) is 0. The summed E-state index contributed by atoms with van der Waals surface area (Å²) < 4.78 is 27.3. The van der Waals surface area contributed by atoms with Gasteiger partial charge in [-0.1, -0.05) is 51.1 Å². The van der Waals surface area contributed by atoms with Gasteiger partial charge in [-0.2, -0.15) is 0 Å². The van der Waals surface area contributed by atoms with E-state index in [0.717, 1.165) is 33.4 Å². The fourth-order valence-corrected chi connectivity index (χ4v) is 6.70. The van der Waals surface area contributed by atoms with E-state index in [1.807, 2.05) is 37.3 Å². The van der Waals surface area contributed by atoms with Crippen molar-refractivity contribution in [1.29, 1.82) is 0 Å². The Balaban J connectivity index is 1.96. The van der Waals surface area contributed by atoms with E-state index in [1.54, 1.807) is 35.5 Å². The largest absolute Gasteiger partial charge is 0.507 e. The lowest BCUT2D eigenvalue weighted by atomic mass is 9.68. The number of ether oxygens (including phenoxy) is 5. The summed E-state index contributed by atoms with van der Waals surface area (Å²) in [7, 11) is 8.07. The number of phenolic OH excluding ortho intramolecular Hbond substituents is 3. The Morgan fingerprint density at radius 2 is 0.714 bits per heavy atom. The highest BCUT2D eigenvalue weighted by Crippen LogP contribution is 2.45. The first-order valence-electron chi connectivity index (χ1n) is 16.5. The van der Waals surface area contributed by atoms with Gasteiger partial charge in [-0.3, -0.25) is 0 Å². The maximum absolute atomic E-state index is 11.1. The first-order chi connectivity index (χ1) is 23.4. The number of methoxy groups -OCH3 is 5. The minimum Gasteiger partial charge on any atom is -0.507 e. The van der Waals surface area contributed by atoms with Crippen molar-refractivity contribution in [3.8, 4) is 17.2 Å². The number of phenols is 3. The zero-order chi connectivity index (χ0) is 35.9. The summed E-state index contributed by atoms with van der Waals surface area (Å²) in [6.45, 7) is 9.81. The van der Waals surface area contributed by atoms with Crippen LogP contribution in [0.15, 0.2) is 60.7 Å². The van der Waals surface area contributed by atoms with Gasteiger partial charge in [0.15, 0.2) is 0 Å². The molecule has 0 aliphatic rings. The number of benzene rings is 4. The third-order valence-electron chi connectivity index (χ3n) is 9.74. The molecule has 0 spiro atoms. The average Bonchev–Trinajstić information content (AvgIpc) is 3.09. The topological polar surface area (TPSA) is 107 Å². The van der Waals surface area contributed by atoms with Gasteiger partial charge in [0.25, 0.3) is 0 Å². The van der Waals surface area contributed by atoms with Gasteiger partial charge in [0, 0.05) is 74.2 Å². The molecule has 0 saturated heterocycles. The molecule has 0 aromatic heterocycles. The van der Waals surface area contributed by atoms with Crippen molar-refractivity contribution in [3.05, 3.63) is 122 Å². The van der Waals surface area contributed by atoms with Crippen molar-refractivity contribution >= 4 is 0 Å². The normalized spacial score (nSPS) is 13.1. The van der Waals surface area contributed by atoms with Crippen LogP contribution in [-0.2, 0) is 74.0 Å². The Kier molecular flexibility index (Phi) is 12.5. The third-order valence-corrected chi connectivity index (χ3v) is 9.74. The number of rotatable bonds is 16. The highest BCUT2D eigenvalue weighted by molar-refractivity contribution is 5.58. The van der Waals surface area contributed by atoms with E-state index in [0.29, 0.717) is 34.2 Å². The standard InChI is InChI=1S/C41H52O8/c1-10-26-15-35(18-29(23-47-7)37(26)42)41(4,36-19-30(24-48-8)39(44)31(20-36)25-49-9)33-13-11-32(12-14-33)40(2,3)34-16-27(21-45-5)38(43)28(17-34)22-46-6/h11-20,42-44H,10,21-25H2,1-9H3. The maximum atomic E-state index is 11.1. The van der Waals surface area contributed by atoms with Crippen molar-refractivity contribution in [2.45, 2.75) is 78.0 Å². The Labute approximate surface area is 291 Å². The number of hydrogen-bond donors (Lipinski definition) is 3. The predicted octanol–water partition coefficient (Wildman–Crippen LogP) is 7.78. The molecule has 3 N–H and O–H groups in total. The van der Waals surface area contributed by atoms with Crippen LogP contribution in [0.2, 0.25) is 0 Å². The smallest absolute Gasteiger partial charge is 0.126 e. The zero-order valence-corrected chi connectivity index (χ0v) is 30.4. The lowest BCUT2D eigenvalue weighted by Gasteiger charge is -2.35. The maximum Gasteiger partial charge on any atom is 0.126 e. The van der Waals surface area contributed by atoms with Crippen LogP contribution >= 0.6 is 0 Å². The van der Waals surface area contributed by atoms with Gasteiger partial charge < -0.3 is 39.0 Å². The lowest BCUT2D eigenvalue weighted by molar-refractivity contribution is 0.174. The lowest BCUT2D eigenvalue weighted by Crippen LogP contribution is -2.27. The fourth-order valence-electron chi connectivity index (χ4n) is 6.70. The second-order valence-electron chi connectivity index (χ2n) is 13.3. The molecule has 1 unspecified atom stereocenters. The molecule has 4 aromatic rings. The van der Waals surface area contributed by atoms with Crippen LogP contribution in [0.3, 0.4) is 0 Å². The first kappa shape index (κ1) is 37.9. The van der Waals surface area contributed by atoms with Crippen LogP contribution in [0.25, 0.3) is 0 Å². The van der Waals surface area contributed by atoms with Crippen molar-refractivity contribution in [3.63, 3.8) is 0 Å². The molecule has 0 saturated carbocycles. The number of aromatic hydroxyl groups is 3. The molecule has 49 heavy (non-hydrogen) atoms. The molecule has 1 atom stereocenters. The molecular formula is C41H52O8. The SMILES string of the molecule is CCc1cc(C(C)(c2ccc(C(C)(C)c3cc(COC)c(O)c(COC)c3)cc2)c2cc(COC)c(O)c(COC)c2)cc(COC)c1O. The summed E-state index contributed by atoms with van der Waals surface area (Å²) in [5, 5.41) is 33.1. The highest BCUT2D eigenvalue weighted by atomic mass is 16.5. The Hall–Kier alpha value is -3.92. The van der Waals surface area contributed by atoms with E-state index in [2.05, 4.69) is 51.1 Å². The van der Waals surface area contributed by atoms with E-state index in [9.17, 15) is 15.3 Å². The van der Waals surface area contributed by atoms with Gasteiger partial charge in [0.1, 0.15) is 17.2 Å². The van der Waals surface area contributed by atoms with Crippen molar-refractivity contribution in [2.24, 2.45) is 0 Å². The van der Waals surface area contributed by atoms with E-state index in [-0.39, 0.29) is 50.3 Å². The molecule has 8 heteroatoms. The molecular weight excluding hydrogens is 620 g/mol.